The second kappa shape index (κ2) is 6.67. The van der Waals surface area contributed by atoms with Crippen molar-refractivity contribution in [2.24, 2.45) is 5.73 Å². The van der Waals surface area contributed by atoms with Crippen molar-refractivity contribution in [3.8, 4) is 11.3 Å². The third kappa shape index (κ3) is 3.91. The van der Waals surface area contributed by atoms with Crippen molar-refractivity contribution in [2.45, 2.75) is 12.6 Å². The average molecular weight is 304 g/mol. The molecule has 0 saturated carbocycles. The monoisotopic (exact) mass is 303 g/mol. The molecule has 0 fully saturated rings. The van der Waals surface area contributed by atoms with E-state index >= 15 is 0 Å². The van der Waals surface area contributed by atoms with Crippen LogP contribution in [0.3, 0.4) is 0 Å². The van der Waals surface area contributed by atoms with E-state index in [0.717, 1.165) is 12.1 Å². The average Bonchev–Trinajstić information content (AvgIpc) is 2.39. The van der Waals surface area contributed by atoms with E-state index in [1.54, 1.807) is 12.3 Å². The lowest BCUT2D eigenvalue weighted by atomic mass is 10.1. The zero-order chi connectivity index (χ0) is 13.9. The minimum atomic E-state index is -4.32. The summed E-state index contributed by atoms with van der Waals surface area (Å²) in [5, 5.41) is 0. The molecule has 1 aromatic carbocycles. The van der Waals surface area contributed by atoms with Crippen LogP contribution in [0.25, 0.3) is 11.3 Å². The van der Waals surface area contributed by atoms with E-state index in [4.69, 9.17) is 5.73 Å². The highest BCUT2D eigenvalue weighted by atomic mass is 35.5. The lowest BCUT2D eigenvalue weighted by molar-refractivity contribution is -0.137. The van der Waals surface area contributed by atoms with Gasteiger partial charge in [-0.05, 0) is 24.7 Å². The van der Waals surface area contributed by atoms with E-state index in [1.807, 2.05) is 0 Å². The first kappa shape index (κ1) is 16.4. The van der Waals surface area contributed by atoms with E-state index < -0.39 is 11.7 Å². The van der Waals surface area contributed by atoms with Crippen LogP contribution in [-0.2, 0) is 12.6 Å². The molecule has 0 aliphatic rings. The molecule has 20 heavy (non-hydrogen) atoms. The third-order valence-electron chi connectivity index (χ3n) is 2.58. The van der Waals surface area contributed by atoms with Crippen LogP contribution in [0.4, 0.5) is 13.2 Å². The molecule has 0 atom stereocenters. The zero-order valence-corrected chi connectivity index (χ0v) is 11.2. The van der Waals surface area contributed by atoms with Gasteiger partial charge in [0, 0.05) is 18.2 Å². The number of aromatic nitrogens is 2. The van der Waals surface area contributed by atoms with Gasteiger partial charge >= 0.3 is 6.18 Å². The summed E-state index contributed by atoms with van der Waals surface area (Å²) in [6, 6.07) is 6.54. The third-order valence-corrected chi connectivity index (χ3v) is 2.58. The molecule has 0 amide bonds. The molecule has 0 saturated heterocycles. The number of rotatable bonds is 3. The number of nitrogens with two attached hydrogens (primary N) is 1. The lowest BCUT2D eigenvalue weighted by Gasteiger charge is -2.07. The van der Waals surface area contributed by atoms with Crippen molar-refractivity contribution < 1.29 is 13.2 Å². The maximum Gasteiger partial charge on any atom is 0.416 e. The Morgan fingerprint density at radius 1 is 1.05 bits per heavy atom. The van der Waals surface area contributed by atoms with Crippen LogP contribution in [0, 0.1) is 0 Å². The van der Waals surface area contributed by atoms with Crippen molar-refractivity contribution in [3.63, 3.8) is 0 Å². The fourth-order valence-corrected chi connectivity index (χ4v) is 1.64. The van der Waals surface area contributed by atoms with Gasteiger partial charge in [-0.3, -0.25) is 0 Å². The molecule has 1 aromatic heterocycles. The van der Waals surface area contributed by atoms with Crippen molar-refractivity contribution >= 4 is 12.4 Å². The van der Waals surface area contributed by atoms with E-state index in [2.05, 4.69) is 9.97 Å². The summed E-state index contributed by atoms with van der Waals surface area (Å²) in [5.74, 6) is 0.583. The van der Waals surface area contributed by atoms with Crippen LogP contribution in [0.15, 0.2) is 36.5 Å². The Morgan fingerprint density at radius 2 is 1.70 bits per heavy atom. The predicted molar refractivity (Wildman–Crippen MR) is 72.5 cm³/mol. The van der Waals surface area contributed by atoms with Crippen LogP contribution >= 0.6 is 12.4 Å². The van der Waals surface area contributed by atoms with Gasteiger partial charge in [0.05, 0.1) is 11.3 Å². The molecule has 2 N–H and O–H groups in total. The molecule has 108 valence electrons. The van der Waals surface area contributed by atoms with Crippen LogP contribution in [0.1, 0.15) is 11.4 Å². The van der Waals surface area contributed by atoms with E-state index in [-0.39, 0.29) is 12.4 Å². The highest BCUT2D eigenvalue weighted by molar-refractivity contribution is 5.85. The SMILES string of the molecule is Cl.NCCc1nccc(-c2ccc(C(F)(F)F)cc2)n1. The van der Waals surface area contributed by atoms with Gasteiger partial charge < -0.3 is 5.73 Å². The summed E-state index contributed by atoms with van der Waals surface area (Å²) in [4.78, 5) is 8.29. The van der Waals surface area contributed by atoms with Gasteiger partial charge in [-0.2, -0.15) is 13.2 Å². The van der Waals surface area contributed by atoms with E-state index in [9.17, 15) is 13.2 Å². The highest BCUT2D eigenvalue weighted by Gasteiger charge is 2.29. The number of hydrogen-bond acceptors (Lipinski definition) is 3. The Bertz CT molecular complexity index is 556. The van der Waals surface area contributed by atoms with E-state index in [0.29, 0.717) is 30.0 Å². The minimum absolute atomic E-state index is 0. The quantitative estimate of drug-likeness (QED) is 0.948. The molecule has 0 aliphatic carbocycles. The summed E-state index contributed by atoms with van der Waals surface area (Å²) >= 11 is 0. The van der Waals surface area contributed by atoms with Crippen LogP contribution in [-0.4, -0.2) is 16.5 Å². The smallest absolute Gasteiger partial charge is 0.330 e. The van der Waals surface area contributed by atoms with Gasteiger partial charge in [0.2, 0.25) is 0 Å². The van der Waals surface area contributed by atoms with Gasteiger partial charge in [-0.15, -0.1) is 12.4 Å². The van der Waals surface area contributed by atoms with Crippen molar-refractivity contribution in [2.75, 3.05) is 6.54 Å². The first-order valence-electron chi connectivity index (χ1n) is 5.70. The maximum absolute atomic E-state index is 12.4. The number of hydrogen-bond donors (Lipinski definition) is 1. The molecule has 0 aliphatic heterocycles. The van der Waals surface area contributed by atoms with Crippen molar-refractivity contribution in [3.05, 3.63) is 47.9 Å². The Kier molecular flexibility index (Phi) is 5.47. The molecule has 3 nitrogen and oxygen atoms in total. The molecular weight excluding hydrogens is 291 g/mol. The van der Waals surface area contributed by atoms with Gasteiger partial charge in [0.1, 0.15) is 5.82 Å². The first-order valence-corrected chi connectivity index (χ1v) is 5.70. The second-order valence-electron chi connectivity index (χ2n) is 3.97. The van der Waals surface area contributed by atoms with Gasteiger partial charge in [0.15, 0.2) is 0 Å². The number of alkyl halides is 3. The summed E-state index contributed by atoms with van der Waals surface area (Å²) in [7, 11) is 0. The van der Waals surface area contributed by atoms with Crippen molar-refractivity contribution in [1.29, 1.82) is 0 Å². The van der Waals surface area contributed by atoms with Gasteiger partial charge in [-0.1, -0.05) is 12.1 Å². The fourth-order valence-electron chi connectivity index (χ4n) is 1.64. The standard InChI is InChI=1S/C13H12F3N3.ClH/c14-13(15,16)10-3-1-9(2-4-10)11-6-8-18-12(19-11)5-7-17;/h1-4,6,8H,5,7,17H2;1H. The predicted octanol–water partition coefficient (Wildman–Crippen LogP) is 3.09. The molecule has 7 heteroatoms. The molecule has 2 aromatic rings. The summed E-state index contributed by atoms with van der Waals surface area (Å²) in [6.07, 6.45) is -2.21. The van der Waals surface area contributed by atoms with Crippen LogP contribution in [0.2, 0.25) is 0 Å². The molecule has 0 bridgehead atoms. The maximum atomic E-state index is 12.4. The molecule has 1 heterocycles. The topological polar surface area (TPSA) is 51.8 Å². The van der Waals surface area contributed by atoms with E-state index in [1.165, 1.54) is 12.1 Å². The molecular formula is C13H13ClF3N3. The molecule has 0 spiro atoms. The molecule has 0 unspecified atom stereocenters. The van der Waals surface area contributed by atoms with Crippen LogP contribution in [0.5, 0.6) is 0 Å². The largest absolute Gasteiger partial charge is 0.416 e. The summed E-state index contributed by atoms with van der Waals surface area (Å²) < 4.78 is 37.3. The minimum Gasteiger partial charge on any atom is -0.330 e. The van der Waals surface area contributed by atoms with Crippen LogP contribution < -0.4 is 5.73 Å². The Balaban J connectivity index is 0.00000200. The number of benzene rings is 1. The van der Waals surface area contributed by atoms with Crippen molar-refractivity contribution in [1.82, 2.24) is 9.97 Å². The number of nitrogens with zero attached hydrogens (tertiary/aromatic N) is 2. The Labute approximate surface area is 120 Å². The highest BCUT2D eigenvalue weighted by Crippen LogP contribution is 2.30. The van der Waals surface area contributed by atoms with Gasteiger partial charge in [-0.25, -0.2) is 9.97 Å². The first-order chi connectivity index (χ1) is 9.00. The number of halogens is 4. The zero-order valence-electron chi connectivity index (χ0n) is 10.4. The Morgan fingerprint density at radius 3 is 2.25 bits per heavy atom. The summed E-state index contributed by atoms with van der Waals surface area (Å²) in [5.41, 5.74) is 5.95. The summed E-state index contributed by atoms with van der Waals surface area (Å²) in [6.45, 7) is 0.427. The molecule has 2 rings (SSSR count). The second-order valence-corrected chi connectivity index (χ2v) is 3.97. The fraction of sp³-hybridized carbons (Fsp3) is 0.231. The lowest BCUT2D eigenvalue weighted by Crippen LogP contribution is -2.07. The normalized spacial score (nSPS) is 11.0. The Hall–Kier alpha value is -1.66. The van der Waals surface area contributed by atoms with Gasteiger partial charge in [0.25, 0.3) is 0 Å². The molecule has 0 radical (unpaired) electrons.